The van der Waals surface area contributed by atoms with Crippen molar-refractivity contribution in [2.75, 3.05) is 14.1 Å². The normalized spacial score (nSPS) is 16.5. The van der Waals surface area contributed by atoms with Crippen molar-refractivity contribution in [2.24, 2.45) is 5.92 Å². The fraction of sp³-hybridized carbons (Fsp3) is 1.00. The molecule has 0 rings (SSSR count). The number of hydrogen-bond donors (Lipinski definition) is 0. The van der Waals surface area contributed by atoms with Crippen LogP contribution in [0.3, 0.4) is 0 Å². The van der Waals surface area contributed by atoms with Gasteiger partial charge in [-0.15, -0.1) is 0 Å². The Labute approximate surface area is 77.7 Å². The van der Waals surface area contributed by atoms with Crippen LogP contribution in [0.2, 0.25) is 0 Å². The molecule has 14 heavy (non-hydrogen) atoms. The summed E-state index contributed by atoms with van der Waals surface area (Å²) in [6, 6.07) is -1.63. The second-order valence-corrected chi connectivity index (χ2v) is 3.27. The van der Waals surface area contributed by atoms with E-state index in [1.165, 1.54) is 14.1 Å². The first-order valence-corrected chi connectivity index (χ1v) is 3.77. The quantitative estimate of drug-likeness (QED) is 0.650. The fourth-order valence-electron chi connectivity index (χ4n) is 1.03. The van der Waals surface area contributed by atoms with Gasteiger partial charge in [0.05, 0.1) is 0 Å². The zero-order valence-electron chi connectivity index (χ0n) is 7.87. The molecule has 86 valence electrons. The lowest BCUT2D eigenvalue weighted by molar-refractivity contribution is -0.296. The molecule has 0 fully saturated rings. The van der Waals surface area contributed by atoms with Gasteiger partial charge in [-0.25, -0.2) is 0 Å². The van der Waals surface area contributed by atoms with E-state index in [2.05, 4.69) is 0 Å². The molecule has 0 N–H and O–H groups in total. The Bertz CT molecular complexity index is 168. The molecule has 0 aliphatic heterocycles. The molecular weight excluding hydrogens is 212 g/mol. The molecule has 1 atom stereocenters. The van der Waals surface area contributed by atoms with Gasteiger partial charge in [-0.05, 0) is 21.0 Å². The lowest BCUT2D eigenvalue weighted by Gasteiger charge is -2.32. The van der Waals surface area contributed by atoms with Crippen molar-refractivity contribution < 1.29 is 26.3 Å². The largest absolute Gasteiger partial charge is 0.401 e. The van der Waals surface area contributed by atoms with Crippen LogP contribution >= 0.6 is 0 Å². The molecule has 0 amide bonds. The van der Waals surface area contributed by atoms with Gasteiger partial charge in [0, 0.05) is 6.04 Å². The lowest BCUT2D eigenvalue weighted by Crippen LogP contribution is -2.49. The van der Waals surface area contributed by atoms with E-state index < -0.39 is 24.3 Å². The van der Waals surface area contributed by atoms with Gasteiger partial charge in [0.1, 0.15) is 0 Å². The second-order valence-electron chi connectivity index (χ2n) is 3.27. The molecule has 0 bridgehead atoms. The van der Waals surface area contributed by atoms with Gasteiger partial charge in [-0.3, -0.25) is 0 Å². The molecule has 0 aromatic rings. The average molecular weight is 223 g/mol. The molecule has 0 aromatic heterocycles. The van der Waals surface area contributed by atoms with Crippen LogP contribution in [-0.2, 0) is 0 Å². The van der Waals surface area contributed by atoms with E-state index in [0.717, 1.165) is 11.8 Å². The van der Waals surface area contributed by atoms with E-state index in [1.807, 2.05) is 0 Å². The molecule has 0 saturated carbocycles. The first-order chi connectivity index (χ1) is 5.98. The summed E-state index contributed by atoms with van der Waals surface area (Å²) < 4.78 is 72.5. The number of rotatable bonds is 2. The molecule has 0 radical (unpaired) electrons. The monoisotopic (exact) mass is 223 g/mol. The highest BCUT2D eigenvalue weighted by molar-refractivity contribution is 4.84. The maximum Gasteiger partial charge on any atom is 0.401 e. The van der Waals surface area contributed by atoms with Gasteiger partial charge in [-0.2, -0.15) is 26.3 Å². The van der Waals surface area contributed by atoms with E-state index >= 15 is 0 Å². The molecule has 0 heterocycles. The predicted molar refractivity (Wildman–Crippen MR) is 38.7 cm³/mol. The maximum absolute atomic E-state index is 12.1. The SMILES string of the molecule is CC(C(C(F)(F)F)C(F)(F)F)N(C)C. The van der Waals surface area contributed by atoms with Crippen LogP contribution < -0.4 is 0 Å². The maximum atomic E-state index is 12.1. The number of alkyl halides is 6. The molecule has 0 aromatic carbocycles. The first-order valence-electron chi connectivity index (χ1n) is 3.77. The van der Waals surface area contributed by atoms with Crippen LogP contribution in [0.5, 0.6) is 0 Å². The van der Waals surface area contributed by atoms with Crippen molar-refractivity contribution in [3.63, 3.8) is 0 Å². The van der Waals surface area contributed by atoms with Crippen molar-refractivity contribution in [3.05, 3.63) is 0 Å². The van der Waals surface area contributed by atoms with E-state index in [1.54, 1.807) is 0 Å². The minimum Gasteiger partial charge on any atom is -0.306 e. The Hall–Kier alpha value is -0.460. The smallest absolute Gasteiger partial charge is 0.306 e. The van der Waals surface area contributed by atoms with Crippen LogP contribution in [0, 0.1) is 5.92 Å². The molecule has 0 aliphatic carbocycles. The molecule has 1 unspecified atom stereocenters. The molecular formula is C7H11F6N. The minimum atomic E-state index is -5.26. The highest BCUT2D eigenvalue weighted by Gasteiger charge is 2.59. The third-order valence-corrected chi connectivity index (χ3v) is 2.00. The van der Waals surface area contributed by atoms with Gasteiger partial charge < -0.3 is 4.90 Å². The Morgan fingerprint density at radius 2 is 1.14 bits per heavy atom. The standard InChI is InChI=1S/C7H11F6N/c1-4(14(2)3)5(6(8,9)10)7(11,12)13/h4-5H,1-3H3. The van der Waals surface area contributed by atoms with E-state index in [9.17, 15) is 26.3 Å². The third-order valence-electron chi connectivity index (χ3n) is 2.00. The lowest BCUT2D eigenvalue weighted by atomic mass is 9.99. The molecule has 0 saturated heterocycles. The Kier molecular flexibility index (Phi) is 3.83. The summed E-state index contributed by atoms with van der Waals surface area (Å²) in [5.41, 5.74) is 0. The minimum absolute atomic E-state index is 0.894. The second kappa shape index (κ2) is 3.96. The molecule has 0 aliphatic rings. The predicted octanol–water partition coefficient (Wildman–Crippen LogP) is 2.68. The number of halogens is 6. The Morgan fingerprint density at radius 1 is 0.857 bits per heavy atom. The summed E-state index contributed by atoms with van der Waals surface area (Å²) in [5.74, 6) is -3.30. The highest BCUT2D eigenvalue weighted by atomic mass is 19.4. The van der Waals surface area contributed by atoms with Crippen molar-refractivity contribution in [1.29, 1.82) is 0 Å². The van der Waals surface area contributed by atoms with Gasteiger partial charge in [-0.1, -0.05) is 0 Å². The summed E-state index contributed by atoms with van der Waals surface area (Å²) in [6.45, 7) is 0.894. The van der Waals surface area contributed by atoms with Gasteiger partial charge in [0.15, 0.2) is 5.92 Å². The van der Waals surface area contributed by atoms with Crippen LogP contribution in [0.25, 0.3) is 0 Å². The van der Waals surface area contributed by atoms with E-state index in [-0.39, 0.29) is 0 Å². The van der Waals surface area contributed by atoms with Crippen molar-refractivity contribution in [2.45, 2.75) is 25.3 Å². The third kappa shape index (κ3) is 3.36. The first kappa shape index (κ1) is 13.5. The summed E-state index contributed by atoms with van der Waals surface area (Å²) in [5, 5.41) is 0. The van der Waals surface area contributed by atoms with Gasteiger partial charge in [0.2, 0.25) is 0 Å². The number of nitrogens with zero attached hydrogens (tertiary/aromatic N) is 1. The summed E-state index contributed by atoms with van der Waals surface area (Å²) in [6.07, 6.45) is -10.5. The Morgan fingerprint density at radius 3 is 1.21 bits per heavy atom. The summed E-state index contributed by atoms with van der Waals surface area (Å²) in [4.78, 5) is 0.894. The highest BCUT2D eigenvalue weighted by Crippen LogP contribution is 2.42. The molecule has 0 spiro atoms. The topological polar surface area (TPSA) is 3.24 Å². The van der Waals surface area contributed by atoms with Gasteiger partial charge >= 0.3 is 12.4 Å². The van der Waals surface area contributed by atoms with Crippen LogP contribution in [0.4, 0.5) is 26.3 Å². The average Bonchev–Trinajstić information content (AvgIpc) is 1.79. The van der Waals surface area contributed by atoms with Crippen LogP contribution in [-0.4, -0.2) is 37.4 Å². The number of hydrogen-bond acceptors (Lipinski definition) is 1. The van der Waals surface area contributed by atoms with E-state index in [4.69, 9.17) is 0 Å². The molecule has 7 heteroatoms. The van der Waals surface area contributed by atoms with Gasteiger partial charge in [0.25, 0.3) is 0 Å². The van der Waals surface area contributed by atoms with Crippen molar-refractivity contribution in [3.8, 4) is 0 Å². The van der Waals surface area contributed by atoms with Crippen molar-refractivity contribution in [1.82, 2.24) is 4.90 Å². The summed E-state index contributed by atoms with van der Waals surface area (Å²) in [7, 11) is 2.35. The Balaban J connectivity index is 4.94. The zero-order chi connectivity index (χ0) is 11.7. The zero-order valence-corrected chi connectivity index (χ0v) is 7.87. The van der Waals surface area contributed by atoms with Crippen molar-refractivity contribution >= 4 is 0 Å². The summed E-state index contributed by atoms with van der Waals surface area (Å²) >= 11 is 0. The molecule has 1 nitrogen and oxygen atoms in total. The van der Waals surface area contributed by atoms with Crippen LogP contribution in [0.15, 0.2) is 0 Å². The fourth-order valence-corrected chi connectivity index (χ4v) is 1.03. The van der Waals surface area contributed by atoms with E-state index in [0.29, 0.717) is 0 Å². The van der Waals surface area contributed by atoms with Crippen LogP contribution in [0.1, 0.15) is 6.92 Å².